The second kappa shape index (κ2) is 4.65. The summed E-state index contributed by atoms with van der Waals surface area (Å²) in [6.07, 6.45) is 5.77. The summed E-state index contributed by atoms with van der Waals surface area (Å²) in [6.45, 7) is 3.67. The van der Waals surface area contributed by atoms with Crippen LogP contribution >= 0.6 is 0 Å². The van der Waals surface area contributed by atoms with Gasteiger partial charge in [0.25, 0.3) is 0 Å². The lowest BCUT2D eigenvalue weighted by Crippen LogP contribution is -2.31. The van der Waals surface area contributed by atoms with E-state index in [1.54, 1.807) is 13.1 Å². The van der Waals surface area contributed by atoms with Crippen molar-refractivity contribution in [2.75, 3.05) is 13.1 Å². The molecule has 0 spiro atoms. The van der Waals surface area contributed by atoms with Crippen LogP contribution in [0.15, 0.2) is 12.4 Å². The van der Waals surface area contributed by atoms with Gasteiger partial charge in [0.1, 0.15) is 0 Å². The lowest BCUT2D eigenvalue weighted by atomic mass is 10.1. The molecular weight excluding hydrogens is 206 g/mol. The normalized spacial score (nSPS) is 22.9. The Balaban J connectivity index is 2.09. The molecule has 2 rings (SSSR count). The molecule has 0 aliphatic carbocycles. The van der Waals surface area contributed by atoms with Gasteiger partial charge in [0.05, 0.1) is 18.2 Å². The van der Waals surface area contributed by atoms with Crippen molar-refractivity contribution in [3.63, 3.8) is 0 Å². The molecule has 1 fully saturated rings. The summed E-state index contributed by atoms with van der Waals surface area (Å²) in [5.74, 6) is -1.29. The van der Waals surface area contributed by atoms with Crippen molar-refractivity contribution in [2.24, 2.45) is 0 Å². The first-order valence-corrected chi connectivity index (χ1v) is 5.66. The highest BCUT2D eigenvalue weighted by Crippen LogP contribution is 2.19. The minimum Gasteiger partial charge on any atom is -0.481 e. The van der Waals surface area contributed by atoms with Gasteiger partial charge in [-0.1, -0.05) is 0 Å². The van der Waals surface area contributed by atoms with Gasteiger partial charge in [-0.15, -0.1) is 0 Å². The molecule has 0 amide bonds. The first-order valence-electron chi connectivity index (χ1n) is 5.66. The Hall–Kier alpha value is -1.36. The van der Waals surface area contributed by atoms with Crippen LogP contribution in [0.4, 0.5) is 0 Å². The molecule has 0 saturated carbocycles. The van der Waals surface area contributed by atoms with Crippen molar-refractivity contribution in [2.45, 2.75) is 31.7 Å². The lowest BCUT2D eigenvalue weighted by molar-refractivity contribution is -0.138. The summed E-state index contributed by atoms with van der Waals surface area (Å²) < 4.78 is 1.89. The molecule has 2 atom stereocenters. The molecule has 1 saturated heterocycles. The summed E-state index contributed by atoms with van der Waals surface area (Å²) in [5, 5.41) is 16.5. The Morgan fingerprint density at radius 3 is 3.19 bits per heavy atom. The molecule has 2 unspecified atom stereocenters. The molecule has 0 bridgehead atoms. The molecule has 0 aromatic carbocycles. The van der Waals surface area contributed by atoms with E-state index in [0.717, 1.165) is 31.5 Å². The maximum atomic E-state index is 10.8. The van der Waals surface area contributed by atoms with E-state index < -0.39 is 11.9 Å². The zero-order valence-corrected chi connectivity index (χ0v) is 9.39. The van der Waals surface area contributed by atoms with E-state index in [1.165, 1.54) is 0 Å². The zero-order valence-electron chi connectivity index (χ0n) is 9.39. The van der Waals surface area contributed by atoms with Crippen LogP contribution in [0.3, 0.4) is 0 Å². The molecule has 1 aromatic heterocycles. The van der Waals surface area contributed by atoms with Gasteiger partial charge in [0.2, 0.25) is 0 Å². The Bertz CT molecular complexity index is 369. The van der Waals surface area contributed by atoms with Crippen LogP contribution < -0.4 is 5.32 Å². The number of rotatable bonds is 3. The van der Waals surface area contributed by atoms with Crippen molar-refractivity contribution in [3.05, 3.63) is 18.0 Å². The number of carboxylic acid groups (broad SMARTS) is 1. The van der Waals surface area contributed by atoms with E-state index in [2.05, 4.69) is 10.4 Å². The average molecular weight is 223 g/mol. The number of aliphatic carboxylic acids is 1. The van der Waals surface area contributed by atoms with Gasteiger partial charge < -0.3 is 10.4 Å². The Morgan fingerprint density at radius 1 is 1.75 bits per heavy atom. The van der Waals surface area contributed by atoms with Crippen LogP contribution in [-0.4, -0.2) is 33.9 Å². The number of hydrogen-bond donors (Lipinski definition) is 2. The van der Waals surface area contributed by atoms with Crippen LogP contribution in [0.25, 0.3) is 0 Å². The first kappa shape index (κ1) is 11.1. The smallest absolute Gasteiger partial charge is 0.310 e. The van der Waals surface area contributed by atoms with E-state index in [9.17, 15) is 4.79 Å². The molecule has 2 N–H and O–H groups in total. The number of nitrogens with one attached hydrogen (secondary N) is 1. The molecule has 2 heterocycles. The minimum absolute atomic E-state index is 0.364. The van der Waals surface area contributed by atoms with Crippen molar-refractivity contribution in [1.82, 2.24) is 15.1 Å². The van der Waals surface area contributed by atoms with Gasteiger partial charge in [-0.3, -0.25) is 9.48 Å². The van der Waals surface area contributed by atoms with Gasteiger partial charge in [-0.25, -0.2) is 0 Å². The van der Waals surface area contributed by atoms with E-state index >= 15 is 0 Å². The summed E-state index contributed by atoms with van der Waals surface area (Å²) in [7, 11) is 0. The Labute approximate surface area is 94.5 Å². The fourth-order valence-electron chi connectivity index (χ4n) is 1.98. The molecule has 1 aromatic rings. The number of carbonyl (C=O) groups is 1. The highest BCUT2D eigenvalue weighted by atomic mass is 16.4. The molecule has 1 aliphatic heterocycles. The van der Waals surface area contributed by atoms with Crippen molar-refractivity contribution in [1.29, 1.82) is 0 Å². The monoisotopic (exact) mass is 223 g/mol. The van der Waals surface area contributed by atoms with Gasteiger partial charge in [0, 0.05) is 18.3 Å². The highest BCUT2D eigenvalue weighted by Gasteiger charge is 2.19. The fraction of sp³-hybridized carbons (Fsp3) is 0.636. The topological polar surface area (TPSA) is 67.1 Å². The van der Waals surface area contributed by atoms with Gasteiger partial charge in [-0.2, -0.15) is 5.10 Å². The summed E-state index contributed by atoms with van der Waals surface area (Å²) >= 11 is 0. The third kappa shape index (κ3) is 2.24. The minimum atomic E-state index is -0.804. The second-order valence-electron chi connectivity index (χ2n) is 4.31. The zero-order chi connectivity index (χ0) is 11.5. The van der Waals surface area contributed by atoms with Crippen molar-refractivity contribution in [3.8, 4) is 0 Å². The predicted molar refractivity (Wildman–Crippen MR) is 59.4 cm³/mol. The standard InChI is InChI=1S/C11H17N3O2/c1-8(11(15)16)9-5-13-14(7-9)10-3-2-4-12-6-10/h5,7-8,10,12H,2-4,6H2,1H3,(H,15,16). The molecule has 16 heavy (non-hydrogen) atoms. The maximum Gasteiger partial charge on any atom is 0.310 e. The van der Waals surface area contributed by atoms with Crippen LogP contribution in [0, 0.1) is 0 Å². The quantitative estimate of drug-likeness (QED) is 0.802. The number of aromatic nitrogens is 2. The van der Waals surface area contributed by atoms with Gasteiger partial charge >= 0.3 is 5.97 Å². The summed E-state index contributed by atoms with van der Waals surface area (Å²) in [4.78, 5) is 10.8. The number of carboxylic acids is 1. The largest absolute Gasteiger partial charge is 0.481 e. The van der Waals surface area contributed by atoms with Crippen LogP contribution in [-0.2, 0) is 4.79 Å². The van der Waals surface area contributed by atoms with Gasteiger partial charge in [-0.05, 0) is 26.3 Å². The first-order chi connectivity index (χ1) is 7.68. The molecule has 1 aliphatic rings. The number of hydrogen-bond acceptors (Lipinski definition) is 3. The lowest BCUT2D eigenvalue weighted by Gasteiger charge is -2.22. The molecule has 5 nitrogen and oxygen atoms in total. The highest BCUT2D eigenvalue weighted by molar-refractivity contribution is 5.75. The summed E-state index contributed by atoms with van der Waals surface area (Å²) in [5.41, 5.74) is 0.776. The molecular formula is C11H17N3O2. The SMILES string of the molecule is CC(C(=O)O)c1cnn(C2CCCNC2)c1. The van der Waals surface area contributed by atoms with Crippen LogP contribution in [0.2, 0.25) is 0 Å². The van der Waals surface area contributed by atoms with E-state index in [-0.39, 0.29) is 0 Å². The molecule has 5 heteroatoms. The van der Waals surface area contributed by atoms with E-state index in [1.807, 2.05) is 10.9 Å². The Kier molecular flexibility index (Phi) is 3.24. The van der Waals surface area contributed by atoms with Crippen LogP contribution in [0.5, 0.6) is 0 Å². The van der Waals surface area contributed by atoms with E-state index in [0.29, 0.717) is 6.04 Å². The van der Waals surface area contributed by atoms with Crippen LogP contribution in [0.1, 0.15) is 37.3 Å². The third-order valence-electron chi connectivity index (χ3n) is 3.14. The maximum absolute atomic E-state index is 10.8. The van der Waals surface area contributed by atoms with E-state index in [4.69, 9.17) is 5.11 Å². The van der Waals surface area contributed by atoms with Crippen molar-refractivity contribution < 1.29 is 9.90 Å². The molecule has 0 radical (unpaired) electrons. The van der Waals surface area contributed by atoms with Gasteiger partial charge in [0.15, 0.2) is 0 Å². The van der Waals surface area contributed by atoms with Crippen molar-refractivity contribution >= 4 is 5.97 Å². The number of piperidine rings is 1. The number of nitrogens with zero attached hydrogens (tertiary/aromatic N) is 2. The predicted octanol–water partition coefficient (Wildman–Crippen LogP) is 0.996. The Morgan fingerprint density at radius 2 is 2.56 bits per heavy atom. The average Bonchev–Trinajstić information content (AvgIpc) is 2.78. The summed E-state index contributed by atoms with van der Waals surface area (Å²) in [6, 6.07) is 0.364. The molecule has 88 valence electrons. The third-order valence-corrected chi connectivity index (χ3v) is 3.14. The fourth-order valence-corrected chi connectivity index (χ4v) is 1.98. The second-order valence-corrected chi connectivity index (χ2v) is 4.31.